The van der Waals surface area contributed by atoms with Gasteiger partial charge in [0.25, 0.3) is 0 Å². The lowest BCUT2D eigenvalue weighted by molar-refractivity contribution is -0.135. The second kappa shape index (κ2) is 6.24. The number of carbonyl (C=O) groups excluding carboxylic acids is 1. The maximum absolute atomic E-state index is 13.0. The normalized spacial score (nSPS) is 16.9. The smallest absolute Gasteiger partial charge is 0.228 e. The van der Waals surface area contributed by atoms with Crippen LogP contribution in [0.1, 0.15) is 28.0 Å². The molecule has 0 bridgehead atoms. The van der Waals surface area contributed by atoms with Gasteiger partial charge in [0, 0.05) is 23.3 Å². The number of hydrogen-bond acceptors (Lipinski definition) is 3. The van der Waals surface area contributed by atoms with E-state index in [1.807, 2.05) is 46.8 Å². The molecular weight excluding hydrogens is 318 g/mol. The number of hydrogen-bond donors (Lipinski definition) is 0. The van der Waals surface area contributed by atoms with Crippen molar-refractivity contribution in [3.8, 4) is 0 Å². The average molecular weight is 337 g/mol. The Morgan fingerprint density at radius 2 is 2.08 bits per heavy atom. The number of rotatable bonds is 3. The molecule has 5 heteroatoms. The second-order valence-corrected chi connectivity index (χ2v) is 7.16. The molecule has 24 heavy (non-hydrogen) atoms. The van der Waals surface area contributed by atoms with E-state index >= 15 is 0 Å². The van der Waals surface area contributed by atoms with Gasteiger partial charge in [-0.2, -0.15) is 0 Å². The Balaban J connectivity index is 1.67. The average Bonchev–Trinajstić information content (AvgIpc) is 3.24. The zero-order chi connectivity index (χ0) is 16.5. The fraction of sp³-hybridized carbons (Fsp3) is 0.263. The van der Waals surface area contributed by atoms with Gasteiger partial charge in [0.05, 0.1) is 19.0 Å². The van der Waals surface area contributed by atoms with Crippen LogP contribution in [-0.4, -0.2) is 20.4 Å². The highest BCUT2D eigenvalue weighted by Gasteiger charge is 2.32. The van der Waals surface area contributed by atoms with Crippen molar-refractivity contribution < 1.29 is 4.79 Å². The van der Waals surface area contributed by atoms with Crippen LogP contribution < -0.4 is 0 Å². The first-order valence-electron chi connectivity index (χ1n) is 8.10. The van der Waals surface area contributed by atoms with Crippen molar-refractivity contribution >= 4 is 17.2 Å². The quantitative estimate of drug-likeness (QED) is 0.733. The number of aromatic nitrogens is 2. The molecule has 3 heterocycles. The number of aryl methyl sites for hydroxylation is 1. The molecule has 0 saturated carbocycles. The Hall–Kier alpha value is -2.40. The van der Waals surface area contributed by atoms with Gasteiger partial charge in [0.15, 0.2) is 0 Å². The van der Waals surface area contributed by atoms with Gasteiger partial charge < -0.3 is 9.47 Å². The number of thiophene rings is 1. The van der Waals surface area contributed by atoms with Crippen LogP contribution in [0.15, 0.2) is 54.0 Å². The number of carbonyl (C=O) groups is 1. The van der Waals surface area contributed by atoms with E-state index in [0.29, 0.717) is 13.0 Å². The highest BCUT2D eigenvalue weighted by atomic mass is 32.1. The summed E-state index contributed by atoms with van der Waals surface area (Å²) in [6.45, 7) is 3.40. The molecule has 1 aliphatic heterocycles. The van der Waals surface area contributed by atoms with Crippen molar-refractivity contribution in [3.05, 3.63) is 76.0 Å². The van der Waals surface area contributed by atoms with E-state index < -0.39 is 0 Å². The highest BCUT2D eigenvalue weighted by molar-refractivity contribution is 7.10. The third-order valence-electron chi connectivity index (χ3n) is 4.59. The summed E-state index contributed by atoms with van der Waals surface area (Å²) in [6, 6.07) is 14.4. The lowest BCUT2D eigenvalue weighted by atomic mass is 10.0. The molecule has 0 saturated heterocycles. The number of nitrogens with zero attached hydrogens (tertiary/aromatic N) is 3. The van der Waals surface area contributed by atoms with Crippen molar-refractivity contribution in [3.63, 3.8) is 0 Å². The SMILES string of the molecule is Cc1cnc2n1C[C@H](c1ccccc1)N(C(=O)Cc1cccs1)C2. The van der Waals surface area contributed by atoms with Crippen LogP contribution in [0.5, 0.6) is 0 Å². The summed E-state index contributed by atoms with van der Waals surface area (Å²) in [7, 11) is 0. The van der Waals surface area contributed by atoms with Crippen LogP contribution in [0.3, 0.4) is 0 Å². The van der Waals surface area contributed by atoms with E-state index in [2.05, 4.69) is 28.6 Å². The largest absolute Gasteiger partial charge is 0.328 e. The van der Waals surface area contributed by atoms with E-state index in [1.165, 1.54) is 5.56 Å². The molecule has 1 amide bonds. The van der Waals surface area contributed by atoms with E-state index in [9.17, 15) is 4.79 Å². The Kier molecular flexibility index (Phi) is 3.94. The van der Waals surface area contributed by atoms with Gasteiger partial charge in [-0.25, -0.2) is 4.98 Å². The van der Waals surface area contributed by atoms with E-state index in [0.717, 1.165) is 22.9 Å². The van der Waals surface area contributed by atoms with Crippen molar-refractivity contribution in [2.45, 2.75) is 32.5 Å². The fourth-order valence-electron chi connectivity index (χ4n) is 3.31. The lowest BCUT2D eigenvalue weighted by Crippen LogP contribution is -2.42. The van der Waals surface area contributed by atoms with E-state index in [-0.39, 0.29) is 11.9 Å². The molecule has 0 aliphatic carbocycles. The highest BCUT2D eigenvalue weighted by Crippen LogP contribution is 2.31. The molecule has 122 valence electrons. The first kappa shape index (κ1) is 15.1. The zero-order valence-corrected chi connectivity index (χ0v) is 14.4. The van der Waals surface area contributed by atoms with Crippen molar-refractivity contribution in [1.82, 2.24) is 14.5 Å². The van der Waals surface area contributed by atoms with Crippen molar-refractivity contribution in [2.24, 2.45) is 0 Å². The molecule has 4 nitrogen and oxygen atoms in total. The van der Waals surface area contributed by atoms with Crippen LogP contribution >= 0.6 is 11.3 Å². The molecule has 1 aromatic carbocycles. The third-order valence-corrected chi connectivity index (χ3v) is 5.47. The molecule has 0 unspecified atom stereocenters. The first-order chi connectivity index (χ1) is 11.7. The van der Waals surface area contributed by atoms with Crippen LogP contribution in [0.25, 0.3) is 0 Å². The maximum atomic E-state index is 13.0. The van der Waals surface area contributed by atoms with Crippen LogP contribution in [0, 0.1) is 6.92 Å². The van der Waals surface area contributed by atoms with Crippen molar-refractivity contribution in [2.75, 3.05) is 0 Å². The summed E-state index contributed by atoms with van der Waals surface area (Å²) in [5, 5.41) is 2.02. The predicted octanol–water partition coefficient (Wildman–Crippen LogP) is 3.58. The number of benzene rings is 1. The molecule has 0 N–H and O–H groups in total. The molecule has 1 atom stereocenters. The molecule has 0 radical (unpaired) electrons. The Bertz CT molecular complexity index is 839. The minimum Gasteiger partial charge on any atom is -0.328 e. The number of imidazole rings is 1. The lowest BCUT2D eigenvalue weighted by Gasteiger charge is -2.37. The van der Waals surface area contributed by atoms with Crippen LogP contribution in [0.4, 0.5) is 0 Å². The third kappa shape index (κ3) is 2.76. The molecule has 0 spiro atoms. The molecular formula is C19H19N3OS. The van der Waals surface area contributed by atoms with Crippen LogP contribution in [-0.2, 0) is 24.3 Å². The first-order valence-corrected chi connectivity index (χ1v) is 8.98. The van der Waals surface area contributed by atoms with Gasteiger partial charge >= 0.3 is 0 Å². The van der Waals surface area contributed by atoms with Crippen LogP contribution in [0.2, 0.25) is 0 Å². The minimum absolute atomic E-state index is 0.0547. The Labute approximate surface area is 145 Å². The summed E-state index contributed by atoms with van der Waals surface area (Å²) in [4.78, 5) is 20.5. The Morgan fingerprint density at radius 1 is 1.25 bits per heavy atom. The summed E-state index contributed by atoms with van der Waals surface area (Å²) in [5.74, 6) is 1.14. The monoisotopic (exact) mass is 337 g/mol. The van der Waals surface area contributed by atoms with Gasteiger partial charge in [-0.3, -0.25) is 4.79 Å². The van der Waals surface area contributed by atoms with E-state index in [1.54, 1.807) is 11.3 Å². The molecule has 1 aliphatic rings. The Morgan fingerprint density at radius 3 is 2.83 bits per heavy atom. The predicted molar refractivity (Wildman–Crippen MR) is 94.7 cm³/mol. The molecule has 3 aromatic rings. The van der Waals surface area contributed by atoms with Gasteiger partial charge in [-0.15, -0.1) is 11.3 Å². The topological polar surface area (TPSA) is 38.1 Å². The van der Waals surface area contributed by atoms with Gasteiger partial charge in [0.2, 0.25) is 5.91 Å². The zero-order valence-electron chi connectivity index (χ0n) is 13.6. The molecule has 0 fully saturated rings. The summed E-state index contributed by atoms with van der Waals surface area (Å²) >= 11 is 1.63. The summed E-state index contributed by atoms with van der Waals surface area (Å²) in [6.07, 6.45) is 2.35. The summed E-state index contributed by atoms with van der Waals surface area (Å²) in [5.41, 5.74) is 2.33. The van der Waals surface area contributed by atoms with Gasteiger partial charge in [-0.1, -0.05) is 36.4 Å². The molecule has 4 rings (SSSR count). The second-order valence-electron chi connectivity index (χ2n) is 6.13. The standard InChI is InChI=1S/C19H19N3OS/c1-14-11-20-18-13-22(19(23)10-16-8-5-9-24-16)17(12-21(14)18)15-6-3-2-4-7-15/h2-9,11,17H,10,12-13H2,1H3/t17-/m1/s1. The van der Waals surface area contributed by atoms with Gasteiger partial charge in [0.1, 0.15) is 5.82 Å². The van der Waals surface area contributed by atoms with Gasteiger partial charge in [-0.05, 0) is 23.9 Å². The maximum Gasteiger partial charge on any atom is 0.228 e. The van der Waals surface area contributed by atoms with Crippen molar-refractivity contribution in [1.29, 1.82) is 0 Å². The fourth-order valence-corrected chi connectivity index (χ4v) is 4.00. The number of fused-ring (bicyclic) bond motifs is 1. The molecule has 2 aromatic heterocycles. The minimum atomic E-state index is 0.0547. The van der Waals surface area contributed by atoms with E-state index in [4.69, 9.17) is 0 Å². The number of amides is 1. The summed E-state index contributed by atoms with van der Waals surface area (Å²) < 4.78 is 2.23.